The van der Waals surface area contributed by atoms with E-state index in [1.165, 1.54) is 11.1 Å². The number of epoxide rings is 1. The Balaban J connectivity index is 1.75. The molecule has 1 aromatic heterocycles. The standard InChI is InChI=1S/C14H13NO/c1-2-8-15-13(3-1)9-11-4-6-12(7-5-11)14-10-16-14/h1-8,14H,9-10H2. The maximum atomic E-state index is 5.24. The third-order valence-corrected chi connectivity index (χ3v) is 2.80. The van der Waals surface area contributed by atoms with Crippen LogP contribution in [0.2, 0.25) is 0 Å². The highest BCUT2D eigenvalue weighted by Crippen LogP contribution is 2.29. The van der Waals surface area contributed by atoms with E-state index in [0.717, 1.165) is 18.7 Å². The van der Waals surface area contributed by atoms with Gasteiger partial charge in [-0.05, 0) is 23.3 Å². The Labute approximate surface area is 94.9 Å². The summed E-state index contributed by atoms with van der Waals surface area (Å²) in [5.74, 6) is 0. The highest BCUT2D eigenvalue weighted by molar-refractivity contribution is 5.28. The zero-order chi connectivity index (χ0) is 10.8. The van der Waals surface area contributed by atoms with E-state index in [4.69, 9.17) is 4.74 Å². The molecule has 3 rings (SSSR count). The quantitative estimate of drug-likeness (QED) is 0.729. The first kappa shape index (κ1) is 9.55. The second kappa shape index (κ2) is 4.06. The van der Waals surface area contributed by atoms with Crippen LogP contribution in [0.15, 0.2) is 48.7 Å². The Bertz CT molecular complexity index is 460. The van der Waals surface area contributed by atoms with Gasteiger partial charge in [0.2, 0.25) is 0 Å². The lowest BCUT2D eigenvalue weighted by Gasteiger charge is -2.02. The Morgan fingerprint density at radius 2 is 1.94 bits per heavy atom. The number of hydrogen-bond donors (Lipinski definition) is 0. The molecule has 2 aromatic rings. The topological polar surface area (TPSA) is 25.4 Å². The summed E-state index contributed by atoms with van der Waals surface area (Å²) in [6, 6.07) is 14.6. The molecule has 1 aliphatic rings. The summed E-state index contributed by atoms with van der Waals surface area (Å²) < 4.78 is 5.24. The smallest absolute Gasteiger partial charge is 0.106 e. The molecule has 0 bridgehead atoms. The Morgan fingerprint density at radius 1 is 1.12 bits per heavy atom. The second-order valence-electron chi connectivity index (χ2n) is 4.06. The van der Waals surface area contributed by atoms with Crippen molar-refractivity contribution in [2.45, 2.75) is 12.5 Å². The van der Waals surface area contributed by atoms with Crippen molar-refractivity contribution in [2.24, 2.45) is 0 Å². The fraction of sp³-hybridized carbons (Fsp3) is 0.214. The lowest BCUT2D eigenvalue weighted by atomic mass is 10.1. The number of ether oxygens (including phenoxy) is 1. The van der Waals surface area contributed by atoms with Crippen molar-refractivity contribution in [3.05, 3.63) is 65.5 Å². The largest absolute Gasteiger partial charge is 0.368 e. The van der Waals surface area contributed by atoms with E-state index >= 15 is 0 Å². The lowest BCUT2D eigenvalue weighted by Crippen LogP contribution is -1.91. The molecule has 0 saturated carbocycles. The average Bonchev–Trinajstić information content (AvgIpc) is 3.15. The molecule has 1 saturated heterocycles. The number of nitrogens with zero attached hydrogens (tertiary/aromatic N) is 1. The Morgan fingerprint density at radius 3 is 2.56 bits per heavy atom. The SMILES string of the molecule is c1ccc(Cc2ccc(C3CO3)cc2)nc1. The van der Waals surface area contributed by atoms with Crippen molar-refractivity contribution in [3.63, 3.8) is 0 Å². The Kier molecular flexibility index (Phi) is 2.43. The van der Waals surface area contributed by atoms with Crippen LogP contribution in [0.4, 0.5) is 0 Å². The molecular formula is C14H13NO. The maximum absolute atomic E-state index is 5.24. The minimum absolute atomic E-state index is 0.351. The monoisotopic (exact) mass is 211 g/mol. The second-order valence-corrected chi connectivity index (χ2v) is 4.06. The van der Waals surface area contributed by atoms with Crippen molar-refractivity contribution in [1.29, 1.82) is 0 Å². The molecule has 0 amide bonds. The molecule has 1 aromatic carbocycles. The average molecular weight is 211 g/mol. The summed E-state index contributed by atoms with van der Waals surface area (Å²) in [7, 11) is 0. The summed E-state index contributed by atoms with van der Waals surface area (Å²) in [4.78, 5) is 4.32. The fourth-order valence-corrected chi connectivity index (χ4v) is 1.80. The van der Waals surface area contributed by atoms with E-state index in [9.17, 15) is 0 Å². The molecule has 16 heavy (non-hydrogen) atoms. The van der Waals surface area contributed by atoms with Crippen LogP contribution in [0.5, 0.6) is 0 Å². The molecule has 0 aliphatic carbocycles. The molecule has 2 nitrogen and oxygen atoms in total. The molecule has 1 aliphatic heterocycles. The van der Waals surface area contributed by atoms with Crippen LogP contribution >= 0.6 is 0 Å². The first-order valence-electron chi connectivity index (χ1n) is 5.52. The summed E-state index contributed by atoms with van der Waals surface area (Å²) in [6.45, 7) is 0.875. The fourth-order valence-electron chi connectivity index (χ4n) is 1.80. The van der Waals surface area contributed by atoms with Gasteiger partial charge < -0.3 is 4.74 Å². The minimum atomic E-state index is 0.351. The first-order chi connectivity index (χ1) is 7.92. The molecule has 0 radical (unpaired) electrons. The summed E-state index contributed by atoms with van der Waals surface area (Å²) >= 11 is 0. The van der Waals surface area contributed by atoms with Gasteiger partial charge in [-0.3, -0.25) is 4.98 Å². The summed E-state index contributed by atoms with van der Waals surface area (Å²) in [6.07, 6.45) is 3.08. The van der Waals surface area contributed by atoms with E-state index in [2.05, 4.69) is 35.3 Å². The molecule has 2 heterocycles. The molecule has 80 valence electrons. The van der Waals surface area contributed by atoms with Crippen molar-refractivity contribution >= 4 is 0 Å². The molecule has 1 atom stereocenters. The highest BCUT2D eigenvalue weighted by Gasteiger charge is 2.24. The number of benzene rings is 1. The predicted octanol–water partition coefficient (Wildman–Crippen LogP) is 2.74. The molecule has 1 fully saturated rings. The molecule has 2 heteroatoms. The number of aromatic nitrogens is 1. The maximum Gasteiger partial charge on any atom is 0.106 e. The number of pyridine rings is 1. The minimum Gasteiger partial charge on any atom is -0.368 e. The summed E-state index contributed by atoms with van der Waals surface area (Å²) in [5, 5.41) is 0. The van der Waals surface area contributed by atoms with Gasteiger partial charge in [-0.1, -0.05) is 30.3 Å². The third kappa shape index (κ3) is 2.12. The molecular weight excluding hydrogens is 198 g/mol. The van der Waals surface area contributed by atoms with Crippen LogP contribution in [-0.4, -0.2) is 11.6 Å². The van der Waals surface area contributed by atoms with Gasteiger partial charge in [0.15, 0.2) is 0 Å². The molecule has 0 spiro atoms. The number of rotatable bonds is 3. The number of hydrogen-bond acceptors (Lipinski definition) is 2. The van der Waals surface area contributed by atoms with Crippen LogP contribution < -0.4 is 0 Å². The van der Waals surface area contributed by atoms with E-state index in [0.29, 0.717) is 6.10 Å². The predicted molar refractivity (Wildman–Crippen MR) is 62.2 cm³/mol. The van der Waals surface area contributed by atoms with Gasteiger partial charge in [0.05, 0.1) is 6.61 Å². The summed E-state index contributed by atoms with van der Waals surface area (Å²) in [5.41, 5.74) is 3.69. The lowest BCUT2D eigenvalue weighted by molar-refractivity contribution is 0.415. The van der Waals surface area contributed by atoms with E-state index in [1.807, 2.05) is 18.3 Å². The zero-order valence-electron chi connectivity index (χ0n) is 8.97. The Hall–Kier alpha value is -1.67. The van der Waals surface area contributed by atoms with Gasteiger partial charge in [-0.15, -0.1) is 0 Å². The van der Waals surface area contributed by atoms with Gasteiger partial charge in [-0.25, -0.2) is 0 Å². The molecule has 1 unspecified atom stereocenters. The first-order valence-corrected chi connectivity index (χ1v) is 5.52. The van der Waals surface area contributed by atoms with E-state index in [1.54, 1.807) is 0 Å². The van der Waals surface area contributed by atoms with Crippen molar-refractivity contribution in [2.75, 3.05) is 6.61 Å². The van der Waals surface area contributed by atoms with Crippen LogP contribution in [-0.2, 0) is 11.2 Å². The molecule has 0 N–H and O–H groups in total. The highest BCUT2D eigenvalue weighted by atomic mass is 16.6. The van der Waals surface area contributed by atoms with Crippen LogP contribution in [0, 0.1) is 0 Å². The van der Waals surface area contributed by atoms with Crippen molar-refractivity contribution in [3.8, 4) is 0 Å². The van der Waals surface area contributed by atoms with Gasteiger partial charge >= 0.3 is 0 Å². The zero-order valence-corrected chi connectivity index (χ0v) is 8.97. The van der Waals surface area contributed by atoms with Crippen molar-refractivity contribution in [1.82, 2.24) is 4.98 Å². The van der Waals surface area contributed by atoms with E-state index < -0.39 is 0 Å². The van der Waals surface area contributed by atoms with Crippen molar-refractivity contribution < 1.29 is 4.74 Å². The van der Waals surface area contributed by atoms with Gasteiger partial charge in [0.1, 0.15) is 6.10 Å². The van der Waals surface area contributed by atoms with Crippen LogP contribution in [0.3, 0.4) is 0 Å². The van der Waals surface area contributed by atoms with E-state index in [-0.39, 0.29) is 0 Å². The van der Waals surface area contributed by atoms with Crippen LogP contribution in [0.25, 0.3) is 0 Å². The van der Waals surface area contributed by atoms with Gasteiger partial charge in [0, 0.05) is 18.3 Å². The van der Waals surface area contributed by atoms with Gasteiger partial charge in [-0.2, -0.15) is 0 Å². The van der Waals surface area contributed by atoms with Gasteiger partial charge in [0.25, 0.3) is 0 Å². The van der Waals surface area contributed by atoms with Crippen LogP contribution in [0.1, 0.15) is 22.9 Å². The normalized spacial score (nSPS) is 18.4. The third-order valence-electron chi connectivity index (χ3n) is 2.80.